The van der Waals surface area contributed by atoms with Crippen LogP contribution < -0.4 is 10.6 Å². The molecule has 3 heterocycles. The SMILES string of the molecule is c1ccc(C2Nc3ccc(-c4ccc(-c5ccc(-c6c7oc8ccccc8c7cc7c6oc6ccccc67)cc5)cc4)cc3N2)cc1. The molecule has 0 saturated carbocycles. The Morgan fingerprint density at radius 1 is 0.383 bits per heavy atom. The monoisotopic (exact) mass is 604 g/mol. The molecule has 2 N–H and O–H groups in total. The Morgan fingerprint density at radius 2 is 0.872 bits per heavy atom. The van der Waals surface area contributed by atoms with E-state index in [1.165, 1.54) is 22.3 Å². The van der Waals surface area contributed by atoms with Crippen LogP contribution in [0, 0.1) is 0 Å². The van der Waals surface area contributed by atoms with Crippen molar-refractivity contribution < 1.29 is 8.83 Å². The highest BCUT2D eigenvalue weighted by Crippen LogP contribution is 2.45. The summed E-state index contributed by atoms with van der Waals surface area (Å²) in [6.45, 7) is 0. The van der Waals surface area contributed by atoms with Gasteiger partial charge in [0, 0.05) is 21.5 Å². The summed E-state index contributed by atoms with van der Waals surface area (Å²) in [5.41, 5.74) is 13.7. The summed E-state index contributed by atoms with van der Waals surface area (Å²) in [6.07, 6.45) is 0.0774. The van der Waals surface area contributed by atoms with E-state index in [2.05, 4.69) is 132 Å². The van der Waals surface area contributed by atoms with Gasteiger partial charge in [-0.1, -0.05) is 121 Å². The summed E-state index contributed by atoms with van der Waals surface area (Å²) in [5, 5.41) is 11.6. The van der Waals surface area contributed by atoms with E-state index >= 15 is 0 Å². The van der Waals surface area contributed by atoms with Crippen LogP contribution in [0.1, 0.15) is 11.7 Å². The molecule has 1 atom stereocenters. The third kappa shape index (κ3) is 4.15. The van der Waals surface area contributed by atoms with E-state index in [1.807, 2.05) is 30.3 Å². The van der Waals surface area contributed by atoms with Gasteiger partial charge >= 0.3 is 0 Å². The van der Waals surface area contributed by atoms with E-state index < -0.39 is 0 Å². The van der Waals surface area contributed by atoms with Crippen molar-refractivity contribution in [2.45, 2.75) is 6.17 Å². The molecule has 1 aliphatic rings. The van der Waals surface area contributed by atoms with E-state index in [9.17, 15) is 0 Å². The summed E-state index contributed by atoms with van der Waals surface area (Å²) < 4.78 is 13.0. The van der Waals surface area contributed by atoms with E-state index in [0.29, 0.717) is 0 Å². The zero-order valence-corrected chi connectivity index (χ0v) is 25.3. The van der Waals surface area contributed by atoms with Gasteiger partial charge in [0.25, 0.3) is 0 Å². The van der Waals surface area contributed by atoms with E-state index in [0.717, 1.165) is 71.9 Å². The van der Waals surface area contributed by atoms with Gasteiger partial charge in [0.05, 0.1) is 16.9 Å². The second-order valence-electron chi connectivity index (χ2n) is 12.2. The Balaban J connectivity index is 0.994. The van der Waals surface area contributed by atoms with Crippen molar-refractivity contribution in [3.63, 3.8) is 0 Å². The second-order valence-corrected chi connectivity index (χ2v) is 12.2. The number of nitrogens with one attached hydrogen (secondary N) is 2. The number of rotatable bonds is 4. The molecule has 47 heavy (non-hydrogen) atoms. The fourth-order valence-electron chi connectivity index (χ4n) is 7.11. The third-order valence-corrected chi connectivity index (χ3v) is 9.49. The lowest BCUT2D eigenvalue weighted by Crippen LogP contribution is -2.11. The number of anilines is 2. The molecule has 2 aromatic heterocycles. The molecule has 222 valence electrons. The first-order valence-corrected chi connectivity index (χ1v) is 16.0. The van der Waals surface area contributed by atoms with Crippen LogP contribution in [-0.2, 0) is 0 Å². The van der Waals surface area contributed by atoms with Crippen LogP contribution in [0.5, 0.6) is 0 Å². The van der Waals surface area contributed by atoms with Crippen molar-refractivity contribution in [3.05, 3.63) is 157 Å². The Morgan fingerprint density at radius 3 is 1.49 bits per heavy atom. The summed E-state index contributed by atoms with van der Waals surface area (Å²) in [4.78, 5) is 0. The maximum Gasteiger partial charge on any atom is 0.147 e. The van der Waals surface area contributed by atoms with Gasteiger partial charge in [0.15, 0.2) is 0 Å². The smallest absolute Gasteiger partial charge is 0.147 e. The van der Waals surface area contributed by atoms with Gasteiger partial charge < -0.3 is 19.5 Å². The van der Waals surface area contributed by atoms with Gasteiger partial charge in [-0.05, 0) is 63.7 Å². The van der Waals surface area contributed by atoms with Crippen molar-refractivity contribution in [1.82, 2.24) is 0 Å². The summed E-state index contributed by atoms with van der Waals surface area (Å²) >= 11 is 0. The van der Waals surface area contributed by atoms with E-state index in [1.54, 1.807) is 0 Å². The Labute approximate surface area is 270 Å². The standard InChI is InChI=1S/C43H28N2O2/c1-2-8-30(9-3-1)43-44-36-23-22-31(24-37(36)45-43)28-16-14-26(15-17-28)27-18-20-29(21-19-27)40-41-34(32-10-4-6-12-38(32)46-41)25-35-33-11-5-7-13-39(33)47-42(35)40/h1-25,43-45H. The normalized spacial score (nSPS) is 14.1. The minimum Gasteiger partial charge on any atom is -0.455 e. The van der Waals surface area contributed by atoms with Crippen LogP contribution in [0.2, 0.25) is 0 Å². The molecule has 0 saturated heterocycles. The first-order valence-electron chi connectivity index (χ1n) is 16.0. The van der Waals surface area contributed by atoms with E-state index in [4.69, 9.17) is 8.83 Å². The molecule has 0 amide bonds. The molecule has 1 aliphatic heterocycles. The second kappa shape index (κ2) is 10.1. The number of furan rings is 2. The minimum absolute atomic E-state index is 0.0774. The Bertz CT molecular complexity index is 2520. The number of hydrogen-bond acceptors (Lipinski definition) is 4. The average molecular weight is 605 g/mol. The van der Waals surface area contributed by atoms with Gasteiger partial charge in [0.2, 0.25) is 0 Å². The molecule has 0 radical (unpaired) electrons. The van der Waals surface area contributed by atoms with Gasteiger partial charge in [-0.2, -0.15) is 0 Å². The van der Waals surface area contributed by atoms with Crippen LogP contribution in [0.25, 0.3) is 77.3 Å². The molecule has 4 nitrogen and oxygen atoms in total. The highest BCUT2D eigenvalue weighted by Gasteiger charge is 2.22. The number of benzene rings is 7. The van der Waals surface area contributed by atoms with Gasteiger partial charge in [0.1, 0.15) is 28.5 Å². The summed E-state index contributed by atoms with van der Waals surface area (Å²) in [5.74, 6) is 0. The van der Waals surface area contributed by atoms with Crippen molar-refractivity contribution in [2.24, 2.45) is 0 Å². The molecule has 7 aromatic carbocycles. The van der Waals surface area contributed by atoms with Crippen LogP contribution in [0.4, 0.5) is 11.4 Å². The molecular formula is C43H28N2O2. The zero-order valence-electron chi connectivity index (χ0n) is 25.3. The quantitative estimate of drug-likeness (QED) is 0.210. The molecule has 10 rings (SSSR count). The molecule has 0 fully saturated rings. The van der Waals surface area contributed by atoms with Gasteiger partial charge in [-0.15, -0.1) is 0 Å². The van der Waals surface area contributed by atoms with Crippen LogP contribution in [0.15, 0.2) is 160 Å². The fourth-order valence-corrected chi connectivity index (χ4v) is 7.11. The molecule has 4 heteroatoms. The third-order valence-electron chi connectivity index (χ3n) is 9.49. The summed E-state index contributed by atoms with van der Waals surface area (Å²) in [7, 11) is 0. The van der Waals surface area contributed by atoms with Gasteiger partial charge in [-0.25, -0.2) is 0 Å². The lowest BCUT2D eigenvalue weighted by Gasteiger charge is -2.12. The largest absolute Gasteiger partial charge is 0.455 e. The van der Waals surface area contributed by atoms with Crippen LogP contribution in [0.3, 0.4) is 0 Å². The highest BCUT2D eigenvalue weighted by atomic mass is 16.3. The zero-order chi connectivity index (χ0) is 30.9. The lowest BCUT2D eigenvalue weighted by molar-refractivity contribution is 0.658. The lowest BCUT2D eigenvalue weighted by atomic mass is 9.95. The first-order chi connectivity index (χ1) is 23.3. The fraction of sp³-hybridized carbons (Fsp3) is 0.0233. The number of para-hydroxylation sites is 2. The van der Waals surface area contributed by atoms with Crippen LogP contribution in [-0.4, -0.2) is 0 Å². The molecule has 0 bridgehead atoms. The predicted octanol–water partition coefficient (Wildman–Crippen LogP) is 12.0. The molecule has 0 spiro atoms. The number of fused-ring (bicyclic) bond motifs is 7. The Kier molecular flexibility index (Phi) is 5.60. The van der Waals surface area contributed by atoms with Gasteiger partial charge in [-0.3, -0.25) is 0 Å². The average Bonchev–Trinajstić information content (AvgIpc) is 3.84. The molecule has 1 unspecified atom stereocenters. The van der Waals surface area contributed by atoms with Crippen LogP contribution >= 0.6 is 0 Å². The molecule has 0 aliphatic carbocycles. The van der Waals surface area contributed by atoms with Crippen molar-refractivity contribution >= 4 is 55.3 Å². The first kappa shape index (κ1) is 26.0. The Hall–Kier alpha value is -6.26. The minimum atomic E-state index is 0.0774. The topological polar surface area (TPSA) is 50.3 Å². The predicted molar refractivity (Wildman–Crippen MR) is 194 cm³/mol. The number of hydrogen-bond donors (Lipinski definition) is 2. The maximum absolute atomic E-state index is 6.50. The van der Waals surface area contributed by atoms with Crippen molar-refractivity contribution in [3.8, 4) is 33.4 Å². The van der Waals surface area contributed by atoms with E-state index in [-0.39, 0.29) is 6.17 Å². The summed E-state index contributed by atoms with van der Waals surface area (Å²) in [6, 6.07) is 53.3. The maximum atomic E-state index is 6.50. The molecular weight excluding hydrogens is 576 g/mol. The highest BCUT2D eigenvalue weighted by molar-refractivity contribution is 6.22. The van der Waals surface area contributed by atoms with Crippen molar-refractivity contribution in [2.75, 3.05) is 10.6 Å². The van der Waals surface area contributed by atoms with Crippen molar-refractivity contribution in [1.29, 1.82) is 0 Å². The molecule has 9 aromatic rings.